The molecule has 3 aliphatic rings. The number of nitrogens with zero attached hydrogens (tertiary/aromatic N) is 1. The monoisotopic (exact) mass is 480 g/mol. The molecule has 3 fully saturated rings. The van der Waals surface area contributed by atoms with Crippen molar-refractivity contribution in [2.75, 3.05) is 13.1 Å². The van der Waals surface area contributed by atoms with Gasteiger partial charge in [0.2, 0.25) is 11.8 Å². The zero-order valence-electron chi connectivity index (χ0n) is 20.6. The molecule has 3 rings (SSSR count). The Kier molecular flexibility index (Phi) is 8.78. The standard InChI is InChI=1S/C24H40N4O6/c1-24(2,3)34-23(33)28-13-7-6-10-18(28)21(31)27-17(14-15-11-12-25-20(15)30)19(29)22(32)26-16-8-4-5-9-16/h15-19,29H,4-14H2,1-3H3,(H,25,30)(H,26,32)(H,27,31)/t15-,17-,18-,19?/m0/s1. The molecule has 4 N–H and O–H groups in total. The number of ether oxygens (including phenoxy) is 1. The van der Waals surface area contributed by atoms with Crippen molar-refractivity contribution in [1.29, 1.82) is 0 Å². The van der Waals surface area contributed by atoms with Crippen LogP contribution >= 0.6 is 0 Å². The summed E-state index contributed by atoms with van der Waals surface area (Å²) >= 11 is 0. The van der Waals surface area contributed by atoms with Crippen molar-refractivity contribution < 1.29 is 29.0 Å². The predicted molar refractivity (Wildman–Crippen MR) is 125 cm³/mol. The van der Waals surface area contributed by atoms with Crippen LogP contribution in [0.3, 0.4) is 0 Å². The second kappa shape index (κ2) is 11.4. The van der Waals surface area contributed by atoms with Crippen LogP contribution in [0, 0.1) is 5.92 Å². The van der Waals surface area contributed by atoms with Gasteiger partial charge < -0.3 is 25.8 Å². The molecule has 4 atom stereocenters. The van der Waals surface area contributed by atoms with Crippen LogP contribution in [0.2, 0.25) is 0 Å². The van der Waals surface area contributed by atoms with Crippen LogP contribution in [0.4, 0.5) is 4.79 Å². The van der Waals surface area contributed by atoms with E-state index in [4.69, 9.17) is 4.74 Å². The number of carbonyl (C=O) groups excluding carboxylic acids is 4. The van der Waals surface area contributed by atoms with Crippen LogP contribution in [0.5, 0.6) is 0 Å². The number of rotatable bonds is 7. The Bertz CT molecular complexity index is 761. The molecular weight excluding hydrogens is 440 g/mol. The highest BCUT2D eigenvalue weighted by Gasteiger charge is 2.39. The van der Waals surface area contributed by atoms with Crippen molar-refractivity contribution in [2.45, 2.75) is 108 Å². The average Bonchev–Trinajstić information content (AvgIpc) is 3.43. The fourth-order valence-corrected chi connectivity index (χ4v) is 5.00. The largest absolute Gasteiger partial charge is 0.444 e. The smallest absolute Gasteiger partial charge is 0.410 e. The molecule has 1 saturated carbocycles. The van der Waals surface area contributed by atoms with E-state index in [9.17, 15) is 24.3 Å². The van der Waals surface area contributed by atoms with Crippen LogP contribution in [0.1, 0.15) is 78.6 Å². The van der Waals surface area contributed by atoms with Crippen LogP contribution in [0.15, 0.2) is 0 Å². The van der Waals surface area contributed by atoms with Gasteiger partial charge in [-0.3, -0.25) is 19.3 Å². The van der Waals surface area contributed by atoms with E-state index in [0.29, 0.717) is 25.9 Å². The highest BCUT2D eigenvalue weighted by atomic mass is 16.6. The third-order valence-electron chi connectivity index (χ3n) is 6.81. The fraction of sp³-hybridized carbons (Fsp3) is 0.833. The summed E-state index contributed by atoms with van der Waals surface area (Å²) in [4.78, 5) is 52.4. The van der Waals surface area contributed by atoms with E-state index in [1.807, 2.05) is 0 Å². The fourth-order valence-electron chi connectivity index (χ4n) is 5.00. The van der Waals surface area contributed by atoms with Crippen LogP contribution < -0.4 is 16.0 Å². The maximum Gasteiger partial charge on any atom is 0.410 e. The third kappa shape index (κ3) is 7.07. The van der Waals surface area contributed by atoms with Gasteiger partial charge in [0.1, 0.15) is 11.6 Å². The van der Waals surface area contributed by atoms with Gasteiger partial charge in [0.05, 0.1) is 6.04 Å². The first-order valence-electron chi connectivity index (χ1n) is 12.6. The quantitative estimate of drug-likeness (QED) is 0.432. The lowest BCUT2D eigenvalue weighted by Crippen LogP contribution is -2.58. The summed E-state index contributed by atoms with van der Waals surface area (Å²) in [5.41, 5.74) is -0.692. The van der Waals surface area contributed by atoms with Gasteiger partial charge in [-0.05, 0) is 65.7 Å². The summed E-state index contributed by atoms with van der Waals surface area (Å²) in [6.45, 7) is 6.24. The average molecular weight is 481 g/mol. The Morgan fingerprint density at radius 1 is 1.12 bits per heavy atom. The summed E-state index contributed by atoms with van der Waals surface area (Å²) in [5.74, 6) is -1.52. The van der Waals surface area contributed by atoms with E-state index in [1.54, 1.807) is 20.8 Å². The zero-order valence-corrected chi connectivity index (χ0v) is 20.6. The first-order chi connectivity index (χ1) is 16.0. The predicted octanol–water partition coefficient (Wildman–Crippen LogP) is 1.21. The molecule has 0 spiro atoms. The van der Waals surface area contributed by atoms with E-state index in [2.05, 4.69) is 16.0 Å². The van der Waals surface area contributed by atoms with Gasteiger partial charge >= 0.3 is 6.09 Å². The molecule has 1 aliphatic carbocycles. The topological polar surface area (TPSA) is 137 Å². The minimum Gasteiger partial charge on any atom is -0.444 e. The van der Waals surface area contributed by atoms with Crippen LogP contribution in [-0.4, -0.2) is 76.7 Å². The van der Waals surface area contributed by atoms with Gasteiger partial charge in [0, 0.05) is 25.0 Å². The summed E-state index contributed by atoms with van der Waals surface area (Å²) < 4.78 is 5.48. The summed E-state index contributed by atoms with van der Waals surface area (Å²) in [6.07, 6.45) is 4.49. The second-order valence-corrected chi connectivity index (χ2v) is 10.7. The number of carbonyl (C=O) groups is 4. The zero-order chi connectivity index (χ0) is 24.9. The first kappa shape index (κ1) is 26.2. The first-order valence-corrected chi connectivity index (χ1v) is 12.6. The molecule has 0 aromatic carbocycles. The number of piperidine rings is 1. The molecule has 0 radical (unpaired) electrons. The Morgan fingerprint density at radius 3 is 2.41 bits per heavy atom. The lowest BCUT2D eigenvalue weighted by molar-refractivity contribution is -0.136. The lowest BCUT2D eigenvalue weighted by Gasteiger charge is -2.37. The lowest BCUT2D eigenvalue weighted by atomic mass is 9.93. The molecule has 1 unspecified atom stereocenters. The van der Waals surface area contributed by atoms with Crippen molar-refractivity contribution in [3.8, 4) is 0 Å². The number of aliphatic hydroxyl groups excluding tert-OH is 1. The second-order valence-electron chi connectivity index (χ2n) is 10.7. The molecule has 4 amide bonds. The minimum atomic E-state index is -1.49. The molecule has 10 heteroatoms. The highest BCUT2D eigenvalue weighted by Crippen LogP contribution is 2.23. The van der Waals surface area contributed by atoms with E-state index < -0.39 is 47.6 Å². The van der Waals surface area contributed by atoms with Gasteiger partial charge in [-0.15, -0.1) is 0 Å². The van der Waals surface area contributed by atoms with Crippen molar-refractivity contribution in [1.82, 2.24) is 20.9 Å². The SMILES string of the molecule is CC(C)(C)OC(=O)N1CCCC[C@H]1C(=O)N[C@@H](C[C@@H]1CCNC1=O)C(O)C(=O)NC1CCCC1. The maximum absolute atomic E-state index is 13.3. The van der Waals surface area contributed by atoms with Gasteiger partial charge in [-0.2, -0.15) is 0 Å². The molecular formula is C24H40N4O6. The summed E-state index contributed by atoms with van der Waals surface area (Å²) in [7, 11) is 0. The number of likely N-dealkylation sites (tertiary alicyclic amines) is 1. The molecule has 192 valence electrons. The van der Waals surface area contributed by atoms with Crippen molar-refractivity contribution in [3.05, 3.63) is 0 Å². The molecule has 0 bridgehead atoms. The van der Waals surface area contributed by atoms with Crippen molar-refractivity contribution in [3.63, 3.8) is 0 Å². The molecule has 10 nitrogen and oxygen atoms in total. The number of hydrogen-bond donors (Lipinski definition) is 4. The Morgan fingerprint density at radius 2 is 1.79 bits per heavy atom. The molecule has 0 aromatic rings. The van der Waals surface area contributed by atoms with Crippen LogP contribution in [0.25, 0.3) is 0 Å². The van der Waals surface area contributed by atoms with E-state index in [1.165, 1.54) is 4.90 Å². The van der Waals surface area contributed by atoms with Gasteiger partial charge in [0.15, 0.2) is 6.10 Å². The highest BCUT2D eigenvalue weighted by molar-refractivity contribution is 5.88. The van der Waals surface area contributed by atoms with Crippen LogP contribution in [-0.2, 0) is 19.1 Å². The third-order valence-corrected chi connectivity index (χ3v) is 6.81. The van der Waals surface area contributed by atoms with Crippen molar-refractivity contribution in [2.24, 2.45) is 5.92 Å². The summed E-state index contributed by atoms with van der Waals surface area (Å²) in [6, 6.07) is -1.67. The number of aliphatic hydroxyl groups is 1. The number of hydrogen-bond acceptors (Lipinski definition) is 6. The molecule has 2 heterocycles. The normalized spacial score (nSPS) is 25.4. The van der Waals surface area contributed by atoms with Gasteiger partial charge in [0.25, 0.3) is 5.91 Å². The Labute approximate surface area is 201 Å². The van der Waals surface area contributed by atoms with E-state index in [-0.39, 0.29) is 18.4 Å². The van der Waals surface area contributed by atoms with Gasteiger partial charge in [-0.1, -0.05) is 12.8 Å². The molecule has 2 saturated heterocycles. The van der Waals surface area contributed by atoms with E-state index in [0.717, 1.165) is 38.5 Å². The Hall–Kier alpha value is -2.36. The van der Waals surface area contributed by atoms with Crippen molar-refractivity contribution >= 4 is 23.8 Å². The molecule has 0 aromatic heterocycles. The number of amides is 4. The maximum atomic E-state index is 13.3. The summed E-state index contributed by atoms with van der Waals surface area (Å²) in [5, 5.41) is 19.3. The van der Waals surface area contributed by atoms with E-state index >= 15 is 0 Å². The number of nitrogens with one attached hydrogen (secondary N) is 3. The minimum absolute atomic E-state index is 0.0225. The molecule has 34 heavy (non-hydrogen) atoms. The Balaban J connectivity index is 1.71. The van der Waals surface area contributed by atoms with Gasteiger partial charge in [-0.25, -0.2) is 4.79 Å². The molecule has 2 aliphatic heterocycles.